The summed E-state index contributed by atoms with van der Waals surface area (Å²) in [5.41, 5.74) is 1.34. The van der Waals surface area contributed by atoms with Crippen LogP contribution in [0.2, 0.25) is 0 Å². The molecular weight excluding hydrogens is 446 g/mol. The highest BCUT2D eigenvalue weighted by Crippen LogP contribution is 2.30. The van der Waals surface area contributed by atoms with Crippen molar-refractivity contribution in [3.63, 3.8) is 0 Å². The Morgan fingerprint density at radius 1 is 1.21 bits per heavy atom. The fourth-order valence-electron chi connectivity index (χ4n) is 3.73. The smallest absolute Gasteiger partial charge is 0.338 e. The second-order valence-electron chi connectivity index (χ2n) is 7.17. The molecule has 0 saturated heterocycles. The van der Waals surface area contributed by atoms with Gasteiger partial charge in [0.05, 0.1) is 41.0 Å². The first-order valence-corrected chi connectivity index (χ1v) is 10.7. The van der Waals surface area contributed by atoms with Gasteiger partial charge in [-0.1, -0.05) is 41.7 Å². The van der Waals surface area contributed by atoms with Gasteiger partial charge in [-0.25, -0.2) is 9.79 Å². The highest BCUT2D eigenvalue weighted by molar-refractivity contribution is 7.07. The number of nitro groups is 1. The summed E-state index contributed by atoms with van der Waals surface area (Å²) in [7, 11) is 2.73. The maximum absolute atomic E-state index is 13.5. The zero-order valence-corrected chi connectivity index (χ0v) is 18.8. The van der Waals surface area contributed by atoms with E-state index < -0.39 is 16.9 Å². The monoisotopic (exact) mass is 465 g/mol. The van der Waals surface area contributed by atoms with Crippen molar-refractivity contribution in [2.24, 2.45) is 4.99 Å². The lowest BCUT2D eigenvalue weighted by Gasteiger charge is -2.24. The second kappa shape index (κ2) is 8.83. The van der Waals surface area contributed by atoms with Crippen LogP contribution in [0.1, 0.15) is 24.1 Å². The number of benzene rings is 2. The lowest BCUT2D eigenvalue weighted by molar-refractivity contribution is -0.384. The van der Waals surface area contributed by atoms with Crippen molar-refractivity contribution in [2.45, 2.75) is 13.0 Å². The summed E-state index contributed by atoms with van der Waals surface area (Å²) >= 11 is 1.13. The minimum atomic E-state index is -0.718. The third-order valence-corrected chi connectivity index (χ3v) is 6.24. The lowest BCUT2D eigenvalue weighted by atomic mass is 9.96. The normalized spacial score (nSPS) is 15.6. The molecule has 2 aromatic carbocycles. The Hall–Kier alpha value is -4.05. The minimum Gasteiger partial charge on any atom is -0.496 e. The SMILES string of the molecule is COC(=O)C1=C(C)N=c2sc(=Cc3cc([N+](=O)[O-])ccc3OC)c(=O)n2C1c1ccccc1. The number of methoxy groups -OCH3 is 2. The van der Waals surface area contributed by atoms with Crippen molar-refractivity contribution in [1.82, 2.24) is 4.57 Å². The number of thiazole rings is 1. The van der Waals surface area contributed by atoms with Crippen LogP contribution < -0.4 is 19.6 Å². The molecule has 0 radical (unpaired) electrons. The average Bonchev–Trinajstić information content (AvgIpc) is 3.12. The molecule has 168 valence electrons. The van der Waals surface area contributed by atoms with Crippen LogP contribution in [-0.4, -0.2) is 29.7 Å². The molecular formula is C23H19N3O6S. The molecule has 33 heavy (non-hydrogen) atoms. The number of ether oxygens (including phenoxy) is 2. The number of aromatic nitrogens is 1. The fraction of sp³-hybridized carbons (Fsp3) is 0.174. The second-order valence-corrected chi connectivity index (χ2v) is 8.18. The first kappa shape index (κ1) is 22.2. The Bertz CT molecular complexity index is 1470. The van der Waals surface area contributed by atoms with Crippen LogP contribution >= 0.6 is 11.3 Å². The van der Waals surface area contributed by atoms with Crippen LogP contribution in [0.15, 0.2) is 69.6 Å². The Balaban J connectivity index is 1.98. The van der Waals surface area contributed by atoms with Gasteiger partial charge in [0.2, 0.25) is 0 Å². The number of rotatable bonds is 5. The molecule has 1 aliphatic heterocycles. The first-order chi connectivity index (χ1) is 15.8. The number of non-ortho nitro benzene ring substituents is 1. The molecule has 1 atom stereocenters. The minimum absolute atomic E-state index is 0.124. The number of carbonyl (C=O) groups excluding carboxylic acids is 1. The van der Waals surface area contributed by atoms with Gasteiger partial charge in [-0.05, 0) is 24.6 Å². The van der Waals surface area contributed by atoms with Crippen molar-refractivity contribution < 1.29 is 19.2 Å². The third-order valence-electron chi connectivity index (χ3n) is 5.25. The highest BCUT2D eigenvalue weighted by Gasteiger charge is 2.32. The number of carbonyl (C=O) groups is 1. The maximum Gasteiger partial charge on any atom is 0.338 e. The number of nitro benzene ring substituents is 1. The third kappa shape index (κ3) is 3.96. The number of hydrogen-bond donors (Lipinski definition) is 0. The van der Waals surface area contributed by atoms with Gasteiger partial charge in [0.1, 0.15) is 5.75 Å². The molecule has 0 saturated carbocycles. The molecule has 0 N–H and O–H groups in total. The van der Waals surface area contributed by atoms with Crippen LogP contribution in [0.3, 0.4) is 0 Å². The molecule has 0 amide bonds. The zero-order chi connectivity index (χ0) is 23.7. The molecule has 0 aliphatic carbocycles. The summed E-state index contributed by atoms with van der Waals surface area (Å²) in [6.07, 6.45) is 1.54. The van der Waals surface area contributed by atoms with Crippen LogP contribution in [0.4, 0.5) is 5.69 Å². The molecule has 4 rings (SSSR count). The predicted octanol–water partition coefficient (Wildman–Crippen LogP) is 2.33. The summed E-state index contributed by atoms with van der Waals surface area (Å²) in [6.45, 7) is 1.70. The van der Waals surface area contributed by atoms with E-state index in [1.165, 1.54) is 43.1 Å². The zero-order valence-electron chi connectivity index (χ0n) is 18.0. The molecule has 0 fully saturated rings. The highest BCUT2D eigenvalue weighted by atomic mass is 32.1. The van der Waals surface area contributed by atoms with Gasteiger partial charge < -0.3 is 9.47 Å². The molecule has 1 aliphatic rings. The number of esters is 1. The Kier molecular flexibility index (Phi) is 5.93. The summed E-state index contributed by atoms with van der Waals surface area (Å²) < 4.78 is 12.0. The standard InChI is InChI=1S/C23H19N3O6S/c1-13-19(22(28)32-3)20(14-7-5-4-6-8-14)25-21(27)18(33-23(25)24-13)12-15-11-16(26(29)30)9-10-17(15)31-2/h4-12,20H,1-3H3. The van der Waals surface area contributed by atoms with Crippen LogP contribution in [0.5, 0.6) is 5.75 Å². The van der Waals surface area contributed by atoms with Gasteiger partial charge in [-0.2, -0.15) is 0 Å². The number of nitrogens with zero attached hydrogens (tertiary/aromatic N) is 3. The van der Waals surface area contributed by atoms with E-state index >= 15 is 0 Å². The van der Waals surface area contributed by atoms with E-state index in [0.717, 1.165) is 16.9 Å². The van der Waals surface area contributed by atoms with E-state index in [9.17, 15) is 19.7 Å². The molecule has 1 aromatic heterocycles. The molecule has 3 aromatic rings. The van der Waals surface area contributed by atoms with Crippen molar-refractivity contribution >= 4 is 29.1 Å². The average molecular weight is 465 g/mol. The number of hydrogen-bond acceptors (Lipinski definition) is 8. The first-order valence-electron chi connectivity index (χ1n) is 9.84. The Morgan fingerprint density at radius 2 is 1.94 bits per heavy atom. The van der Waals surface area contributed by atoms with Gasteiger partial charge in [0.25, 0.3) is 11.2 Å². The quantitative estimate of drug-likeness (QED) is 0.325. The van der Waals surface area contributed by atoms with Crippen molar-refractivity contribution in [3.05, 3.63) is 101 Å². The van der Waals surface area contributed by atoms with Gasteiger partial charge in [0.15, 0.2) is 4.80 Å². The Morgan fingerprint density at radius 3 is 2.58 bits per heavy atom. The van der Waals surface area contributed by atoms with E-state index in [2.05, 4.69) is 4.99 Å². The van der Waals surface area contributed by atoms with Crippen LogP contribution in [-0.2, 0) is 9.53 Å². The van der Waals surface area contributed by atoms with Crippen molar-refractivity contribution in [3.8, 4) is 5.75 Å². The van der Waals surface area contributed by atoms with Crippen LogP contribution in [0, 0.1) is 10.1 Å². The number of fused-ring (bicyclic) bond motifs is 1. The van der Waals surface area contributed by atoms with Crippen molar-refractivity contribution in [2.75, 3.05) is 14.2 Å². The van der Waals surface area contributed by atoms with Gasteiger partial charge in [0, 0.05) is 17.7 Å². The Labute approximate surface area is 191 Å². The summed E-state index contributed by atoms with van der Waals surface area (Å²) in [4.78, 5) is 41.7. The molecule has 9 nitrogen and oxygen atoms in total. The maximum atomic E-state index is 13.5. The summed E-state index contributed by atoms with van der Waals surface area (Å²) in [5, 5.41) is 11.2. The molecule has 1 unspecified atom stereocenters. The van der Waals surface area contributed by atoms with Crippen LogP contribution in [0.25, 0.3) is 6.08 Å². The van der Waals surface area contributed by atoms with E-state index in [0.29, 0.717) is 26.3 Å². The van der Waals surface area contributed by atoms with E-state index in [-0.39, 0.29) is 16.8 Å². The lowest BCUT2D eigenvalue weighted by Crippen LogP contribution is -2.39. The summed E-state index contributed by atoms with van der Waals surface area (Å²) in [6, 6.07) is 12.6. The van der Waals surface area contributed by atoms with Gasteiger partial charge >= 0.3 is 5.97 Å². The molecule has 10 heteroatoms. The molecule has 0 spiro atoms. The van der Waals surface area contributed by atoms with Crippen molar-refractivity contribution in [1.29, 1.82) is 0 Å². The fourth-order valence-corrected chi connectivity index (χ4v) is 4.77. The summed E-state index contributed by atoms with van der Waals surface area (Å²) in [5.74, 6) is -0.183. The topological polar surface area (TPSA) is 113 Å². The molecule has 2 heterocycles. The largest absolute Gasteiger partial charge is 0.496 e. The predicted molar refractivity (Wildman–Crippen MR) is 122 cm³/mol. The molecule has 0 bridgehead atoms. The van der Waals surface area contributed by atoms with Gasteiger partial charge in [-0.3, -0.25) is 19.5 Å². The van der Waals surface area contributed by atoms with E-state index in [1.807, 2.05) is 30.3 Å². The van der Waals surface area contributed by atoms with E-state index in [1.54, 1.807) is 6.92 Å². The van der Waals surface area contributed by atoms with E-state index in [4.69, 9.17) is 9.47 Å². The van der Waals surface area contributed by atoms with Gasteiger partial charge in [-0.15, -0.1) is 0 Å². The number of allylic oxidation sites excluding steroid dienone is 1.